The summed E-state index contributed by atoms with van der Waals surface area (Å²) in [5, 5.41) is 2.53. The first-order valence-corrected chi connectivity index (χ1v) is 6.99. The van der Waals surface area contributed by atoms with E-state index in [2.05, 4.69) is 5.32 Å². The molecule has 0 heterocycles. The summed E-state index contributed by atoms with van der Waals surface area (Å²) in [6, 6.07) is 2.71. The zero-order valence-electron chi connectivity index (χ0n) is 13.1. The van der Waals surface area contributed by atoms with Crippen LogP contribution in [-0.2, 0) is 10.9 Å². The third kappa shape index (κ3) is 7.17. The van der Waals surface area contributed by atoms with Gasteiger partial charge in [-0.15, -0.1) is 0 Å². The highest BCUT2D eigenvalue weighted by atomic mass is 19.4. The Morgan fingerprint density at radius 3 is 2.43 bits per heavy atom. The highest BCUT2D eigenvalue weighted by molar-refractivity contribution is 5.67. The molecule has 23 heavy (non-hydrogen) atoms. The fraction of sp³-hybridized carbons (Fsp3) is 0.438. The Hall–Kier alpha value is -2.05. The molecule has 0 fully saturated rings. The zero-order chi connectivity index (χ0) is 17.7. The van der Waals surface area contributed by atoms with Crippen molar-refractivity contribution in [3.63, 3.8) is 0 Å². The smallest absolute Gasteiger partial charge is 0.419 e. The molecule has 0 atom stereocenters. The fourth-order valence-electron chi connectivity index (χ4n) is 1.66. The number of carbonyl (C=O) groups is 1. The van der Waals surface area contributed by atoms with Gasteiger partial charge in [0.25, 0.3) is 0 Å². The van der Waals surface area contributed by atoms with Crippen LogP contribution < -0.4 is 5.32 Å². The topological polar surface area (TPSA) is 38.3 Å². The highest BCUT2D eigenvalue weighted by Gasteiger charge is 2.33. The number of alkyl carbamates (subject to hydrolysis) is 1. The monoisotopic (exact) mass is 333 g/mol. The maximum Gasteiger partial charge on any atom is 0.419 e. The van der Waals surface area contributed by atoms with Crippen molar-refractivity contribution in [2.75, 3.05) is 6.54 Å². The van der Waals surface area contributed by atoms with Gasteiger partial charge in [0.05, 0.1) is 5.56 Å². The molecule has 0 unspecified atom stereocenters. The summed E-state index contributed by atoms with van der Waals surface area (Å²) in [5.74, 6) is -1.31. The van der Waals surface area contributed by atoms with Crippen molar-refractivity contribution >= 4 is 12.2 Å². The summed E-state index contributed by atoms with van der Waals surface area (Å²) in [7, 11) is 0. The van der Waals surface area contributed by atoms with Gasteiger partial charge in [-0.05, 0) is 44.9 Å². The Kier molecular flexibility index (Phi) is 6.18. The lowest BCUT2D eigenvalue weighted by molar-refractivity contribution is -0.140. The molecule has 1 amide bonds. The Morgan fingerprint density at radius 2 is 1.91 bits per heavy atom. The van der Waals surface area contributed by atoms with Gasteiger partial charge in [-0.3, -0.25) is 0 Å². The second kappa shape index (κ2) is 7.48. The van der Waals surface area contributed by atoms with Crippen LogP contribution in [0.3, 0.4) is 0 Å². The number of hydrogen-bond acceptors (Lipinski definition) is 2. The number of ether oxygens (including phenoxy) is 1. The molecule has 0 spiro atoms. The Bertz CT molecular complexity index is 574. The van der Waals surface area contributed by atoms with Crippen molar-refractivity contribution in [1.29, 1.82) is 0 Å². The first kappa shape index (κ1) is 19.0. The van der Waals surface area contributed by atoms with Crippen molar-refractivity contribution in [3.8, 4) is 0 Å². The molecule has 7 heteroatoms. The van der Waals surface area contributed by atoms with E-state index in [1.807, 2.05) is 0 Å². The quantitative estimate of drug-likeness (QED) is 0.636. The number of rotatable bonds is 4. The van der Waals surface area contributed by atoms with Crippen LogP contribution in [0, 0.1) is 5.82 Å². The first-order valence-electron chi connectivity index (χ1n) is 6.99. The summed E-state index contributed by atoms with van der Waals surface area (Å²) in [6.45, 7) is 5.53. The van der Waals surface area contributed by atoms with Crippen LogP contribution >= 0.6 is 0 Å². The van der Waals surface area contributed by atoms with E-state index in [1.165, 1.54) is 12.1 Å². The molecule has 0 aliphatic heterocycles. The molecular formula is C16H19F4NO2. The minimum atomic E-state index is -4.70. The standard InChI is InChI=1S/C16H19F4NO2/c1-15(2,3)23-14(22)21-9-5-4-6-11-7-8-12(13(17)10-11)16(18,19)20/h4,6-8,10H,5,9H2,1-3H3,(H,21,22). The fourth-order valence-corrected chi connectivity index (χ4v) is 1.66. The lowest BCUT2D eigenvalue weighted by Crippen LogP contribution is -2.32. The number of amides is 1. The normalized spacial score (nSPS) is 12.5. The molecule has 0 bridgehead atoms. The van der Waals surface area contributed by atoms with Gasteiger partial charge in [0.2, 0.25) is 0 Å². The van der Waals surface area contributed by atoms with E-state index in [0.717, 1.165) is 6.07 Å². The van der Waals surface area contributed by atoms with Gasteiger partial charge in [0.1, 0.15) is 11.4 Å². The van der Waals surface area contributed by atoms with Gasteiger partial charge in [-0.1, -0.05) is 18.2 Å². The van der Waals surface area contributed by atoms with Crippen LogP contribution in [0.1, 0.15) is 38.3 Å². The summed E-state index contributed by atoms with van der Waals surface area (Å²) in [6.07, 6.45) is -1.71. The summed E-state index contributed by atoms with van der Waals surface area (Å²) in [4.78, 5) is 11.4. The minimum absolute atomic E-state index is 0.300. The molecule has 3 nitrogen and oxygen atoms in total. The highest BCUT2D eigenvalue weighted by Crippen LogP contribution is 2.31. The van der Waals surface area contributed by atoms with E-state index in [9.17, 15) is 22.4 Å². The molecule has 0 aliphatic rings. The van der Waals surface area contributed by atoms with Crippen molar-refractivity contribution in [1.82, 2.24) is 5.32 Å². The SMILES string of the molecule is CC(C)(C)OC(=O)NCCC=Cc1ccc(C(F)(F)F)c(F)c1. The molecule has 1 N–H and O–H groups in total. The van der Waals surface area contributed by atoms with Gasteiger partial charge in [-0.2, -0.15) is 13.2 Å². The third-order valence-corrected chi connectivity index (χ3v) is 2.59. The van der Waals surface area contributed by atoms with Crippen LogP contribution in [0.25, 0.3) is 6.08 Å². The average Bonchev–Trinajstić information content (AvgIpc) is 2.34. The minimum Gasteiger partial charge on any atom is -0.444 e. The van der Waals surface area contributed by atoms with Gasteiger partial charge >= 0.3 is 12.3 Å². The molecule has 0 radical (unpaired) electrons. The molecule has 1 aromatic carbocycles. The van der Waals surface area contributed by atoms with Crippen molar-refractivity contribution in [3.05, 3.63) is 41.2 Å². The summed E-state index contributed by atoms with van der Waals surface area (Å²) < 4.78 is 55.6. The van der Waals surface area contributed by atoms with Crippen LogP contribution in [0.15, 0.2) is 24.3 Å². The number of benzene rings is 1. The Balaban J connectivity index is 2.47. The van der Waals surface area contributed by atoms with E-state index in [-0.39, 0.29) is 0 Å². The second-order valence-corrected chi connectivity index (χ2v) is 5.86. The third-order valence-electron chi connectivity index (χ3n) is 2.59. The van der Waals surface area contributed by atoms with Crippen molar-refractivity contribution in [2.45, 2.75) is 39.0 Å². The number of hydrogen-bond donors (Lipinski definition) is 1. The maximum absolute atomic E-state index is 13.4. The van der Waals surface area contributed by atoms with Gasteiger partial charge in [0, 0.05) is 6.54 Å². The molecule has 0 aromatic heterocycles. The van der Waals surface area contributed by atoms with E-state index in [1.54, 1.807) is 26.8 Å². The maximum atomic E-state index is 13.4. The lowest BCUT2D eigenvalue weighted by atomic mass is 10.1. The predicted molar refractivity (Wildman–Crippen MR) is 79.3 cm³/mol. The zero-order valence-corrected chi connectivity index (χ0v) is 13.1. The lowest BCUT2D eigenvalue weighted by Gasteiger charge is -2.19. The van der Waals surface area contributed by atoms with Crippen LogP contribution in [0.2, 0.25) is 0 Å². The molecule has 1 aromatic rings. The van der Waals surface area contributed by atoms with Crippen LogP contribution in [0.5, 0.6) is 0 Å². The number of halogens is 4. The van der Waals surface area contributed by atoms with Crippen LogP contribution in [-0.4, -0.2) is 18.2 Å². The molecule has 0 saturated heterocycles. The molecule has 0 aliphatic carbocycles. The molecule has 128 valence electrons. The van der Waals surface area contributed by atoms with Crippen molar-refractivity contribution < 1.29 is 27.1 Å². The first-order chi connectivity index (χ1) is 10.5. The van der Waals surface area contributed by atoms with Gasteiger partial charge < -0.3 is 10.1 Å². The predicted octanol–water partition coefficient (Wildman–Crippen LogP) is 4.77. The number of alkyl halides is 3. The van der Waals surface area contributed by atoms with E-state index in [4.69, 9.17) is 4.74 Å². The molecular weight excluding hydrogens is 314 g/mol. The Morgan fingerprint density at radius 1 is 1.26 bits per heavy atom. The van der Waals surface area contributed by atoms with E-state index in [0.29, 0.717) is 24.6 Å². The largest absolute Gasteiger partial charge is 0.444 e. The Labute approximate surface area is 132 Å². The van der Waals surface area contributed by atoms with E-state index < -0.39 is 29.3 Å². The van der Waals surface area contributed by atoms with Gasteiger partial charge in [0.15, 0.2) is 0 Å². The van der Waals surface area contributed by atoms with Crippen LogP contribution in [0.4, 0.5) is 22.4 Å². The van der Waals surface area contributed by atoms with Crippen molar-refractivity contribution in [2.24, 2.45) is 0 Å². The number of carbonyl (C=O) groups excluding carboxylic acids is 1. The molecule has 0 saturated carbocycles. The van der Waals surface area contributed by atoms with E-state index >= 15 is 0 Å². The number of nitrogens with one attached hydrogen (secondary N) is 1. The molecule has 1 rings (SSSR count). The summed E-state index contributed by atoms with van der Waals surface area (Å²) >= 11 is 0. The van der Waals surface area contributed by atoms with Gasteiger partial charge in [-0.25, -0.2) is 9.18 Å². The second-order valence-electron chi connectivity index (χ2n) is 5.86. The average molecular weight is 333 g/mol. The summed E-state index contributed by atoms with van der Waals surface area (Å²) in [5.41, 5.74) is -1.56.